The zero-order valence-electron chi connectivity index (χ0n) is 15.9. The SMILES string of the molecule is Cc1ccc(-c2ccc3ccn(CC(=O)NCCN4CCCC4)c3c2)cc1. The molecule has 0 saturated carbocycles. The van der Waals surface area contributed by atoms with Gasteiger partial charge in [0.1, 0.15) is 6.54 Å². The molecule has 3 aromatic rings. The molecular weight excluding hydrogens is 334 g/mol. The van der Waals surface area contributed by atoms with Gasteiger partial charge in [0.2, 0.25) is 5.91 Å². The van der Waals surface area contributed by atoms with Crippen LogP contribution in [0.4, 0.5) is 0 Å². The minimum atomic E-state index is 0.0763. The molecule has 0 spiro atoms. The second-order valence-electron chi connectivity index (χ2n) is 7.48. The molecule has 4 heteroatoms. The summed E-state index contributed by atoms with van der Waals surface area (Å²) in [4.78, 5) is 14.8. The first kappa shape index (κ1) is 17.8. The number of nitrogens with one attached hydrogen (secondary N) is 1. The molecule has 4 nitrogen and oxygen atoms in total. The first-order valence-corrected chi connectivity index (χ1v) is 9.84. The van der Waals surface area contributed by atoms with Crippen LogP contribution in [0.15, 0.2) is 54.7 Å². The molecule has 1 aliphatic rings. The van der Waals surface area contributed by atoms with E-state index in [1.54, 1.807) is 0 Å². The summed E-state index contributed by atoms with van der Waals surface area (Å²) in [5, 5.41) is 4.23. The highest BCUT2D eigenvalue weighted by Crippen LogP contribution is 2.25. The van der Waals surface area contributed by atoms with Gasteiger partial charge >= 0.3 is 0 Å². The van der Waals surface area contributed by atoms with Gasteiger partial charge in [0.25, 0.3) is 0 Å². The molecule has 0 atom stereocenters. The van der Waals surface area contributed by atoms with E-state index in [1.807, 2.05) is 10.8 Å². The lowest BCUT2D eigenvalue weighted by Gasteiger charge is -2.15. The molecule has 0 radical (unpaired) electrons. The fourth-order valence-electron chi connectivity index (χ4n) is 3.82. The van der Waals surface area contributed by atoms with Crippen molar-refractivity contribution in [1.82, 2.24) is 14.8 Å². The van der Waals surface area contributed by atoms with Crippen LogP contribution in [-0.4, -0.2) is 41.6 Å². The van der Waals surface area contributed by atoms with Crippen LogP contribution in [0.1, 0.15) is 18.4 Å². The van der Waals surface area contributed by atoms with Crippen molar-refractivity contribution in [3.05, 3.63) is 60.3 Å². The molecule has 1 amide bonds. The molecule has 0 bridgehead atoms. The maximum atomic E-state index is 12.4. The normalized spacial score (nSPS) is 14.7. The van der Waals surface area contributed by atoms with Crippen LogP contribution >= 0.6 is 0 Å². The van der Waals surface area contributed by atoms with Crippen LogP contribution in [-0.2, 0) is 11.3 Å². The Balaban J connectivity index is 1.44. The summed E-state index contributed by atoms with van der Waals surface area (Å²) >= 11 is 0. The molecule has 0 unspecified atom stereocenters. The van der Waals surface area contributed by atoms with Crippen molar-refractivity contribution in [2.24, 2.45) is 0 Å². The number of hydrogen-bond donors (Lipinski definition) is 1. The number of nitrogens with zero attached hydrogens (tertiary/aromatic N) is 2. The zero-order chi connectivity index (χ0) is 18.6. The molecule has 4 rings (SSSR count). The molecule has 27 heavy (non-hydrogen) atoms. The third-order valence-corrected chi connectivity index (χ3v) is 5.42. The van der Waals surface area contributed by atoms with Gasteiger partial charge in [0.15, 0.2) is 0 Å². The van der Waals surface area contributed by atoms with Gasteiger partial charge in [-0.25, -0.2) is 0 Å². The third kappa shape index (κ3) is 4.22. The molecule has 2 aromatic carbocycles. The fourth-order valence-corrected chi connectivity index (χ4v) is 3.82. The maximum Gasteiger partial charge on any atom is 0.239 e. The van der Waals surface area contributed by atoms with E-state index in [1.165, 1.54) is 42.6 Å². The topological polar surface area (TPSA) is 37.3 Å². The van der Waals surface area contributed by atoms with Gasteiger partial charge in [-0.1, -0.05) is 42.0 Å². The highest BCUT2D eigenvalue weighted by atomic mass is 16.1. The average molecular weight is 361 g/mol. The van der Waals surface area contributed by atoms with E-state index in [9.17, 15) is 4.79 Å². The highest BCUT2D eigenvalue weighted by molar-refractivity contribution is 5.87. The van der Waals surface area contributed by atoms with Crippen LogP contribution < -0.4 is 5.32 Å². The van der Waals surface area contributed by atoms with Crippen molar-refractivity contribution in [3.8, 4) is 11.1 Å². The second kappa shape index (κ2) is 7.97. The lowest BCUT2D eigenvalue weighted by atomic mass is 10.0. The molecule has 0 aliphatic carbocycles. The van der Waals surface area contributed by atoms with Crippen molar-refractivity contribution in [1.29, 1.82) is 0 Å². The number of aromatic nitrogens is 1. The Morgan fingerprint density at radius 1 is 1.00 bits per heavy atom. The number of aryl methyl sites for hydroxylation is 1. The minimum Gasteiger partial charge on any atom is -0.353 e. The number of carbonyl (C=O) groups is 1. The summed E-state index contributed by atoms with van der Waals surface area (Å²) < 4.78 is 2.04. The fraction of sp³-hybridized carbons (Fsp3) is 0.348. The Morgan fingerprint density at radius 3 is 2.52 bits per heavy atom. The summed E-state index contributed by atoms with van der Waals surface area (Å²) in [6.07, 6.45) is 4.57. The van der Waals surface area contributed by atoms with Crippen molar-refractivity contribution < 1.29 is 4.79 Å². The summed E-state index contributed by atoms with van der Waals surface area (Å²) in [5.74, 6) is 0.0763. The number of benzene rings is 2. The predicted octanol–water partition coefficient (Wildman–Crippen LogP) is 3.83. The monoisotopic (exact) mass is 361 g/mol. The Labute approximate surface area is 160 Å². The largest absolute Gasteiger partial charge is 0.353 e. The summed E-state index contributed by atoms with van der Waals surface area (Å²) in [6.45, 7) is 6.48. The number of carbonyl (C=O) groups excluding carboxylic acids is 1. The molecule has 1 saturated heterocycles. The number of hydrogen-bond acceptors (Lipinski definition) is 2. The maximum absolute atomic E-state index is 12.4. The van der Waals surface area contributed by atoms with E-state index < -0.39 is 0 Å². The molecule has 140 valence electrons. The van der Waals surface area contributed by atoms with Crippen LogP contribution in [0.5, 0.6) is 0 Å². The van der Waals surface area contributed by atoms with Gasteiger partial charge in [0, 0.05) is 24.8 Å². The van der Waals surface area contributed by atoms with E-state index in [0.29, 0.717) is 6.54 Å². The van der Waals surface area contributed by atoms with Gasteiger partial charge in [0.05, 0.1) is 0 Å². The van der Waals surface area contributed by atoms with Crippen molar-refractivity contribution in [2.75, 3.05) is 26.2 Å². The summed E-state index contributed by atoms with van der Waals surface area (Å²) in [5.41, 5.74) is 4.73. The summed E-state index contributed by atoms with van der Waals surface area (Å²) in [6, 6.07) is 17.1. The van der Waals surface area contributed by atoms with Crippen molar-refractivity contribution in [3.63, 3.8) is 0 Å². The third-order valence-electron chi connectivity index (χ3n) is 5.42. The van der Waals surface area contributed by atoms with Gasteiger partial charge in [-0.05, 0) is 61.5 Å². The first-order chi connectivity index (χ1) is 13.2. The molecular formula is C23H27N3O. The first-order valence-electron chi connectivity index (χ1n) is 9.84. The van der Waals surface area contributed by atoms with Crippen LogP contribution in [0.3, 0.4) is 0 Å². The quantitative estimate of drug-likeness (QED) is 0.724. The van der Waals surface area contributed by atoms with Gasteiger partial charge in [-0.2, -0.15) is 0 Å². The lowest BCUT2D eigenvalue weighted by molar-refractivity contribution is -0.121. The molecule has 2 heterocycles. The highest BCUT2D eigenvalue weighted by Gasteiger charge is 2.12. The number of fused-ring (bicyclic) bond motifs is 1. The Hall–Kier alpha value is -2.59. The second-order valence-corrected chi connectivity index (χ2v) is 7.48. The molecule has 1 aliphatic heterocycles. The summed E-state index contributed by atoms with van der Waals surface area (Å²) in [7, 11) is 0. The number of amides is 1. The van der Waals surface area contributed by atoms with Gasteiger partial charge < -0.3 is 14.8 Å². The Kier molecular flexibility index (Phi) is 5.26. The van der Waals surface area contributed by atoms with E-state index >= 15 is 0 Å². The smallest absolute Gasteiger partial charge is 0.239 e. The van der Waals surface area contributed by atoms with Crippen molar-refractivity contribution >= 4 is 16.8 Å². The van der Waals surface area contributed by atoms with E-state index in [2.05, 4.69) is 65.7 Å². The van der Waals surface area contributed by atoms with E-state index in [4.69, 9.17) is 0 Å². The molecule has 1 aromatic heterocycles. The van der Waals surface area contributed by atoms with Crippen molar-refractivity contribution in [2.45, 2.75) is 26.3 Å². The van der Waals surface area contributed by atoms with Gasteiger partial charge in [-0.3, -0.25) is 4.79 Å². The van der Waals surface area contributed by atoms with Crippen LogP contribution in [0, 0.1) is 6.92 Å². The van der Waals surface area contributed by atoms with E-state index in [-0.39, 0.29) is 5.91 Å². The predicted molar refractivity (Wildman–Crippen MR) is 111 cm³/mol. The number of likely N-dealkylation sites (tertiary alicyclic amines) is 1. The Bertz CT molecular complexity index is 920. The molecule has 1 fully saturated rings. The lowest BCUT2D eigenvalue weighted by Crippen LogP contribution is -2.35. The zero-order valence-corrected chi connectivity index (χ0v) is 15.9. The Morgan fingerprint density at radius 2 is 1.74 bits per heavy atom. The van der Waals surface area contributed by atoms with E-state index in [0.717, 1.165) is 24.0 Å². The minimum absolute atomic E-state index is 0.0763. The van der Waals surface area contributed by atoms with Gasteiger partial charge in [-0.15, -0.1) is 0 Å². The van der Waals surface area contributed by atoms with Crippen LogP contribution in [0.2, 0.25) is 0 Å². The molecule has 1 N–H and O–H groups in total. The standard InChI is InChI=1S/C23H27N3O/c1-18-4-6-19(7-5-18)21-9-8-20-10-14-26(22(20)16-21)17-23(27)24-11-15-25-12-2-3-13-25/h4-10,14,16H,2-3,11-13,15,17H2,1H3,(H,24,27). The average Bonchev–Trinajstić information content (AvgIpc) is 3.32. The number of rotatable bonds is 6. The van der Waals surface area contributed by atoms with Crippen LogP contribution in [0.25, 0.3) is 22.0 Å².